The summed E-state index contributed by atoms with van der Waals surface area (Å²) in [6.45, 7) is 3.44. The number of hydrogen-bond acceptors (Lipinski definition) is 5. The Morgan fingerprint density at radius 3 is 2.56 bits per heavy atom. The average Bonchev–Trinajstić information content (AvgIpc) is 2.66. The molecule has 27 heavy (non-hydrogen) atoms. The van der Waals surface area contributed by atoms with E-state index in [2.05, 4.69) is 11.0 Å². The van der Waals surface area contributed by atoms with Crippen LogP contribution in [0.25, 0.3) is 0 Å². The lowest BCUT2D eigenvalue weighted by Gasteiger charge is -2.47. The summed E-state index contributed by atoms with van der Waals surface area (Å²) in [4.78, 5) is 27.4. The van der Waals surface area contributed by atoms with Gasteiger partial charge in [0, 0.05) is 31.1 Å². The summed E-state index contributed by atoms with van der Waals surface area (Å²) in [6.07, 6.45) is 3.46. The van der Waals surface area contributed by atoms with Gasteiger partial charge in [-0.1, -0.05) is 6.07 Å². The van der Waals surface area contributed by atoms with Crippen LogP contribution in [-0.2, 0) is 16.1 Å². The first-order chi connectivity index (χ1) is 12.9. The van der Waals surface area contributed by atoms with E-state index in [-0.39, 0.29) is 17.9 Å². The van der Waals surface area contributed by atoms with Gasteiger partial charge in [0.15, 0.2) is 0 Å². The number of carbonyl (C=O) groups excluding carboxylic acids is 2. The highest BCUT2D eigenvalue weighted by Gasteiger charge is 2.41. The molecular formula is C20H29N3O4. The molecule has 2 aliphatic rings. The van der Waals surface area contributed by atoms with Crippen molar-refractivity contribution in [2.45, 2.75) is 32.2 Å². The number of benzene rings is 1. The highest BCUT2D eigenvalue weighted by atomic mass is 16.5. The van der Waals surface area contributed by atoms with Crippen LogP contribution >= 0.6 is 0 Å². The molecule has 0 saturated carbocycles. The number of primary amides is 1. The number of nitrogens with zero attached hydrogens (tertiary/aromatic N) is 2. The monoisotopic (exact) mass is 375 g/mol. The lowest BCUT2D eigenvalue weighted by atomic mass is 9.72. The zero-order valence-electron chi connectivity index (χ0n) is 16.2. The first-order valence-electron chi connectivity index (χ1n) is 9.44. The molecule has 148 valence electrons. The molecule has 2 aliphatic heterocycles. The second-order valence-electron chi connectivity index (χ2n) is 7.67. The maximum atomic E-state index is 12.1. The van der Waals surface area contributed by atoms with Gasteiger partial charge < -0.3 is 20.1 Å². The quantitative estimate of drug-likeness (QED) is 0.812. The average molecular weight is 375 g/mol. The SMILES string of the molecule is COc1ccc(CN2CCC3(CCC(=O)N(CC(N)=O)C3)CC2)c(OC)c1. The molecule has 0 aromatic heterocycles. The molecule has 1 aromatic carbocycles. The molecule has 2 N–H and O–H groups in total. The second kappa shape index (κ2) is 8.17. The molecule has 0 atom stereocenters. The smallest absolute Gasteiger partial charge is 0.237 e. The van der Waals surface area contributed by atoms with Gasteiger partial charge in [0.05, 0.1) is 20.8 Å². The third-order valence-electron chi connectivity index (χ3n) is 5.90. The zero-order valence-corrected chi connectivity index (χ0v) is 16.2. The van der Waals surface area contributed by atoms with E-state index in [0.717, 1.165) is 56.0 Å². The predicted molar refractivity (Wildman–Crippen MR) is 101 cm³/mol. The van der Waals surface area contributed by atoms with Crippen molar-refractivity contribution in [3.8, 4) is 11.5 Å². The summed E-state index contributed by atoms with van der Waals surface area (Å²) < 4.78 is 10.8. The minimum absolute atomic E-state index is 0.0351. The van der Waals surface area contributed by atoms with E-state index < -0.39 is 5.91 Å². The fraction of sp³-hybridized carbons (Fsp3) is 0.600. The number of hydrogen-bond donors (Lipinski definition) is 1. The summed E-state index contributed by atoms with van der Waals surface area (Å²) in [5.74, 6) is 1.23. The second-order valence-corrected chi connectivity index (χ2v) is 7.67. The van der Waals surface area contributed by atoms with Gasteiger partial charge in [-0.25, -0.2) is 0 Å². The fourth-order valence-electron chi connectivity index (χ4n) is 4.25. The van der Waals surface area contributed by atoms with Crippen LogP contribution in [0.3, 0.4) is 0 Å². The van der Waals surface area contributed by atoms with Crippen molar-refractivity contribution in [2.24, 2.45) is 11.1 Å². The maximum Gasteiger partial charge on any atom is 0.237 e. The van der Waals surface area contributed by atoms with Crippen LogP contribution in [0.4, 0.5) is 0 Å². The standard InChI is InChI=1S/C20H29N3O4/c1-26-16-4-3-15(17(11-16)27-2)12-22-9-7-20(8-10-22)6-5-19(25)23(14-20)13-18(21)24/h3-4,11H,5-10,12-14H2,1-2H3,(H2,21,24). The Morgan fingerprint density at radius 1 is 1.19 bits per heavy atom. The summed E-state index contributed by atoms with van der Waals surface area (Å²) in [5.41, 5.74) is 6.55. The van der Waals surface area contributed by atoms with E-state index in [1.54, 1.807) is 19.1 Å². The molecular weight excluding hydrogens is 346 g/mol. The Morgan fingerprint density at radius 2 is 1.93 bits per heavy atom. The Balaban J connectivity index is 1.60. The molecule has 2 fully saturated rings. The van der Waals surface area contributed by atoms with Gasteiger partial charge >= 0.3 is 0 Å². The molecule has 0 aliphatic carbocycles. The van der Waals surface area contributed by atoms with Crippen molar-refractivity contribution in [3.05, 3.63) is 23.8 Å². The summed E-state index contributed by atoms with van der Waals surface area (Å²) in [7, 11) is 3.32. The van der Waals surface area contributed by atoms with Gasteiger partial charge in [0.25, 0.3) is 0 Å². The Bertz CT molecular complexity index is 698. The van der Waals surface area contributed by atoms with E-state index in [1.165, 1.54) is 0 Å². The molecule has 7 nitrogen and oxygen atoms in total. The number of rotatable bonds is 6. The summed E-state index contributed by atoms with van der Waals surface area (Å²) >= 11 is 0. The predicted octanol–water partition coefficient (Wildman–Crippen LogP) is 1.39. The van der Waals surface area contributed by atoms with E-state index >= 15 is 0 Å². The van der Waals surface area contributed by atoms with E-state index in [9.17, 15) is 9.59 Å². The summed E-state index contributed by atoms with van der Waals surface area (Å²) in [5, 5.41) is 0. The number of carbonyl (C=O) groups is 2. The first-order valence-corrected chi connectivity index (χ1v) is 9.44. The van der Waals surface area contributed by atoms with E-state index in [4.69, 9.17) is 15.2 Å². The molecule has 0 bridgehead atoms. The highest BCUT2D eigenvalue weighted by Crippen LogP contribution is 2.40. The van der Waals surface area contributed by atoms with E-state index in [1.807, 2.05) is 12.1 Å². The number of piperidine rings is 2. The Hall–Kier alpha value is -2.28. The Kier molecular flexibility index (Phi) is 5.89. The van der Waals surface area contributed by atoms with Crippen LogP contribution < -0.4 is 15.2 Å². The number of methoxy groups -OCH3 is 2. The molecule has 3 rings (SSSR count). The third kappa shape index (κ3) is 4.53. The molecule has 2 amide bonds. The van der Waals surface area contributed by atoms with Crippen LogP contribution in [0.15, 0.2) is 18.2 Å². The van der Waals surface area contributed by atoms with Gasteiger partial charge in [-0.2, -0.15) is 0 Å². The number of ether oxygens (including phenoxy) is 2. The van der Waals surface area contributed by atoms with Crippen LogP contribution in [0.5, 0.6) is 11.5 Å². The molecule has 7 heteroatoms. The summed E-state index contributed by atoms with van der Waals surface area (Å²) in [6, 6.07) is 5.92. The molecule has 1 spiro atoms. The number of nitrogens with two attached hydrogens (primary N) is 1. The molecule has 2 heterocycles. The minimum atomic E-state index is -0.440. The fourth-order valence-corrected chi connectivity index (χ4v) is 4.25. The highest BCUT2D eigenvalue weighted by molar-refractivity contribution is 5.84. The van der Waals surface area contributed by atoms with Crippen molar-refractivity contribution in [3.63, 3.8) is 0 Å². The normalized spacial score (nSPS) is 19.9. The van der Waals surface area contributed by atoms with Gasteiger partial charge in [-0.3, -0.25) is 14.5 Å². The lowest BCUT2D eigenvalue weighted by molar-refractivity contribution is -0.142. The van der Waals surface area contributed by atoms with Crippen LogP contribution in [0.2, 0.25) is 0 Å². The van der Waals surface area contributed by atoms with Gasteiger partial charge in [0.1, 0.15) is 11.5 Å². The van der Waals surface area contributed by atoms with Crippen LogP contribution in [0, 0.1) is 5.41 Å². The van der Waals surface area contributed by atoms with Crippen molar-refractivity contribution < 1.29 is 19.1 Å². The first kappa shape index (κ1) is 19.5. The van der Waals surface area contributed by atoms with Crippen molar-refractivity contribution in [2.75, 3.05) is 40.4 Å². The lowest BCUT2D eigenvalue weighted by Crippen LogP contribution is -2.53. The molecule has 0 unspecified atom stereocenters. The van der Waals surface area contributed by atoms with E-state index in [0.29, 0.717) is 13.0 Å². The topological polar surface area (TPSA) is 85.1 Å². The zero-order chi connectivity index (χ0) is 19.4. The van der Waals surface area contributed by atoms with Crippen LogP contribution in [-0.4, -0.2) is 62.0 Å². The molecule has 0 radical (unpaired) electrons. The maximum absolute atomic E-state index is 12.1. The Labute approximate surface area is 160 Å². The van der Waals surface area contributed by atoms with Crippen LogP contribution in [0.1, 0.15) is 31.2 Å². The molecule has 2 saturated heterocycles. The van der Waals surface area contributed by atoms with Crippen molar-refractivity contribution in [1.29, 1.82) is 0 Å². The van der Waals surface area contributed by atoms with Crippen molar-refractivity contribution in [1.82, 2.24) is 9.80 Å². The van der Waals surface area contributed by atoms with Crippen molar-refractivity contribution >= 4 is 11.8 Å². The number of likely N-dealkylation sites (tertiary alicyclic amines) is 2. The van der Waals surface area contributed by atoms with Gasteiger partial charge in [0.2, 0.25) is 11.8 Å². The van der Waals surface area contributed by atoms with Gasteiger partial charge in [-0.05, 0) is 43.8 Å². The van der Waals surface area contributed by atoms with Gasteiger partial charge in [-0.15, -0.1) is 0 Å². The third-order valence-corrected chi connectivity index (χ3v) is 5.90. The number of amides is 2. The molecule has 1 aromatic rings. The largest absolute Gasteiger partial charge is 0.497 e. The minimum Gasteiger partial charge on any atom is -0.497 e.